The molecule has 0 unspecified atom stereocenters. The highest BCUT2D eigenvalue weighted by atomic mass is 31.1. The maximum atomic E-state index is 2.30. The Kier molecular flexibility index (Phi) is 4.77. The van der Waals surface area contributed by atoms with E-state index in [1.54, 1.807) is 0 Å². The fourth-order valence-corrected chi connectivity index (χ4v) is 5.58. The number of nitrogens with zero attached hydrogens (tertiary/aromatic N) is 1. The first kappa shape index (κ1) is 15.9. The number of hydrogen-bond donors (Lipinski definition) is 0. The van der Waals surface area contributed by atoms with Gasteiger partial charge in [0.2, 0.25) is 0 Å². The smallest absolute Gasteiger partial charge is 0.0476 e. The van der Waals surface area contributed by atoms with Crippen molar-refractivity contribution in [1.29, 1.82) is 0 Å². The van der Waals surface area contributed by atoms with Crippen molar-refractivity contribution >= 4 is 23.8 Å². The Labute approximate surface area is 150 Å². The second kappa shape index (κ2) is 7.51. The molecule has 2 heteroatoms. The van der Waals surface area contributed by atoms with Crippen molar-refractivity contribution in [3.05, 3.63) is 115 Å². The molecule has 0 spiro atoms. The lowest BCUT2D eigenvalue weighted by Gasteiger charge is -2.22. The summed E-state index contributed by atoms with van der Waals surface area (Å²) < 4.78 is 2.24. The Bertz CT molecular complexity index is 875. The largest absolute Gasteiger partial charge is 0.350 e. The molecule has 3 aromatic carbocycles. The van der Waals surface area contributed by atoms with Gasteiger partial charge in [0.1, 0.15) is 0 Å². The topological polar surface area (TPSA) is 4.93 Å². The van der Waals surface area contributed by atoms with E-state index in [1.165, 1.54) is 21.5 Å². The van der Waals surface area contributed by atoms with Crippen LogP contribution in [0.1, 0.15) is 5.56 Å². The van der Waals surface area contributed by atoms with E-state index in [4.69, 9.17) is 0 Å². The minimum absolute atomic E-state index is 0.562. The van der Waals surface area contributed by atoms with Crippen LogP contribution in [0.2, 0.25) is 0 Å². The van der Waals surface area contributed by atoms with Gasteiger partial charge < -0.3 is 4.57 Å². The molecule has 1 heterocycles. The Morgan fingerprint density at radius 3 is 1.68 bits per heavy atom. The van der Waals surface area contributed by atoms with Crippen LogP contribution in [0.15, 0.2) is 109 Å². The molecule has 0 N–H and O–H groups in total. The monoisotopic (exact) mass is 341 g/mol. The van der Waals surface area contributed by atoms with Gasteiger partial charge in [-0.2, -0.15) is 0 Å². The summed E-state index contributed by atoms with van der Waals surface area (Å²) >= 11 is 0. The Morgan fingerprint density at radius 1 is 0.560 bits per heavy atom. The van der Waals surface area contributed by atoms with Gasteiger partial charge in [-0.1, -0.05) is 84.9 Å². The number of benzene rings is 3. The highest BCUT2D eigenvalue weighted by Crippen LogP contribution is 2.34. The zero-order chi connectivity index (χ0) is 16.9. The van der Waals surface area contributed by atoms with Gasteiger partial charge in [-0.05, 0) is 41.5 Å². The van der Waals surface area contributed by atoms with Crippen molar-refractivity contribution in [1.82, 2.24) is 4.57 Å². The zero-order valence-corrected chi connectivity index (χ0v) is 14.9. The lowest BCUT2D eigenvalue weighted by Crippen LogP contribution is -2.24. The van der Waals surface area contributed by atoms with Crippen LogP contribution < -0.4 is 15.9 Å². The predicted molar refractivity (Wildman–Crippen MR) is 109 cm³/mol. The number of rotatable bonds is 5. The average molecular weight is 341 g/mol. The van der Waals surface area contributed by atoms with Crippen LogP contribution in [0.5, 0.6) is 0 Å². The molecule has 0 atom stereocenters. The van der Waals surface area contributed by atoms with Crippen LogP contribution in [0.25, 0.3) is 0 Å². The summed E-state index contributed by atoms with van der Waals surface area (Å²) in [5, 5.41) is 4.22. The van der Waals surface area contributed by atoms with E-state index in [2.05, 4.69) is 114 Å². The summed E-state index contributed by atoms with van der Waals surface area (Å²) in [6, 6.07) is 34.8. The van der Waals surface area contributed by atoms with Crippen molar-refractivity contribution < 1.29 is 0 Å². The van der Waals surface area contributed by atoms with E-state index in [0.717, 1.165) is 6.54 Å². The lowest BCUT2D eigenvalue weighted by atomic mass is 10.2. The van der Waals surface area contributed by atoms with Crippen molar-refractivity contribution in [2.75, 3.05) is 0 Å². The van der Waals surface area contributed by atoms with E-state index < -0.39 is 7.92 Å². The summed E-state index contributed by atoms with van der Waals surface area (Å²) in [6.07, 6.45) is 4.26. The third kappa shape index (κ3) is 3.57. The third-order valence-corrected chi connectivity index (χ3v) is 6.83. The molecular formula is C23H20NP. The molecule has 122 valence electrons. The molecule has 0 aliphatic rings. The molecule has 4 rings (SSSR count). The first-order valence-corrected chi connectivity index (χ1v) is 9.85. The van der Waals surface area contributed by atoms with Gasteiger partial charge in [-0.25, -0.2) is 0 Å². The molecule has 0 fully saturated rings. The summed E-state index contributed by atoms with van der Waals surface area (Å²) in [6.45, 7) is 0.904. The minimum Gasteiger partial charge on any atom is -0.350 e. The maximum absolute atomic E-state index is 2.30. The second-order valence-electron chi connectivity index (χ2n) is 5.99. The van der Waals surface area contributed by atoms with E-state index >= 15 is 0 Å². The Hall–Kier alpha value is -2.63. The van der Waals surface area contributed by atoms with Gasteiger partial charge >= 0.3 is 0 Å². The van der Waals surface area contributed by atoms with Gasteiger partial charge in [0, 0.05) is 18.9 Å². The quantitative estimate of drug-likeness (QED) is 0.477. The van der Waals surface area contributed by atoms with Gasteiger partial charge in [-0.15, -0.1) is 0 Å². The standard InChI is InChI=1S/C23H20NP/c1-3-12-21(13-4-1)25(22-14-5-2-6-15-22)23-16-8-7-11-20(23)19-24-17-9-10-18-24/h1-18H,19H2. The Morgan fingerprint density at radius 2 is 1.08 bits per heavy atom. The fraction of sp³-hybridized carbons (Fsp3) is 0.0435. The van der Waals surface area contributed by atoms with Crippen LogP contribution in [0.3, 0.4) is 0 Å². The average Bonchev–Trinajstić information content (AvgIpc) is 3.18. The molecule has 25 heavy (non-hydrogen) atoms. The first-order chi connectivity index (χ1) is 12.4. The summed E-state index contributed by atoms with van der Waals surface area (Å²) in [5.74, 6) is 0. The lowest BCUT2D eigenvalue weighted by molar-refractivity contribution is 0.810. The van der Waals surface area contributed by atoms with Gasteiger partial charge in [0.05, 0.1) is 0 Å². The van der Waals surface area contributed by atoms with E-state index in [0.29, 0.717) is 0 Å². The molecule has 0 aliphatic carbocycles. The van der Waals surface area contributed by atoms with Crippen LogP contribution >= 0.6 is 7.92 Å². The molecule has 4 aromatic rings. The minimum atomic E-state index is -0.562. The molecule has 0 bridgehead atoms. The molecule has 0 saturated heterocycles. The van der Waals surface area contributed by atoms with Crippen LogP contribution in [-0.4, -0.2) is 4.57 Å². The highest BCUT2D eigenvalue weighted by Gasteiger charge is 2.18. The molecular weight excluding hydrogens is 321 g/mol. The van der Waals surface area contributed by atoms with Crippen LogP contribution in [0, 0.1) is 0 Å². The predicted octanol–water partition coefficient (Wildman–Crippen LogP) is 4.29. The SMILES string of the molecule is c1ccc(P(c2ccccc2)c2ccccc2Cn2cccc2)cc1. The first-order valence-electron chi connectivity index (χ1n) is 8.51. The Balaban J connectivity index is 1.83. The second-order valence-corrected chi connectivity index (χ2v) is 8.18. The third-order valence-electron chi connectivity index (χ3n) is 4.28. The summed E-state index contributed by atoms with van der Waals surface area (Å²) in [4.78, 5) is 0. The molecule has 0 saturated carbocycles. The molecule has 0 radical (unpaired) electrons. The molecule has 1 nitrogen and oxygen atoms in total. The number of hydrogen-bond acceptors (Lipinski definition) is 0. The number of aromatic nitrogens is 1. The van der Waals surface area contributed by atoms with Gasteiger partial charge in [-0.3, -0.25) is 0 Å². The van der Waals surface area contributed by atoms with E-state index in [9.17, 15) is 0 Å². The van der Waals surface area contributed by atoms with Crippen molar-refractivity contribution in [2.45, 2.75) is 6.54 Å². The van der Waals surface area contributed by atoms with Crippen LogP contribution in [-0.2, 0) is 6.54 Å². The molecule has 0 aliphatic heterocycles. The van der Waals surface area contributed by atoms with Crippen molar-refractivity contribution in [3.8, 4) is 0 Å². The van der Waals surface area contributed by atoms with E-state index in [-0.39, 0.29) is 0 Å². The molecule has 0 amide bonds. The van der Waals surface area contributed by atoms with E-state index in [1.807, 2.05) is 0 Å². The zero-order valence-electron chi connectivity index (χ0n) is 14.0. The van der Waals surface area contributed by atoms with Gasteiger partial charge in [0.25, 0.3) is 0 Å². The van der Waals surface area contributed by atoms with Crippen molar-refractivity contribution in [3.63, 3.8) is 0 Å². The molecule has 1 aromatic heterocycles. The summed E-state index contributed by atoms with van der Waals surface area (Å²) in [5.41, 5.74) is 1.39. The van der Waals surface area contributed by atoms with Crippen molar-refractivity contribution in [2.24, 2.45) is 0 Å². The normalized spacial score (nSPS) is 10.9. The summed E-state index contributed by atoms with van der Waals surface area (Å²) in [7, 11) is -0.562. The van der Waals surface area contributed by atoms with Gasteiger partial charge in [0.15, 0.2) is 0 Å². The fourth-order valence-electron chi connectivity index (χ4n) is 3.12. The highest BCUT2D eigenvalue weighted by molar-refractivity contribution is 7.79. The van der Waals surface area contributed by atoms with Crippen LogP contribution in [0.4, 0.5) is 0 Å². The maximum Gasteiger partial charge on any atom is 0.0476 e.